The van der Waals surface area contributed by atoms with Gasteiger partial charge in [-0.3, -0.25) is 4.55 Å². The van der Waals surface area contributed by atoms with E-state index in [0.717, 1.165) is 32.2 Å². The predicted molar refractivity (Wildman–Crippen MR) is 100 cm³/mol. The van der Waals surface area contributed by atoms with Crippen molar-refractivity contribution in [3.8, 4) is 0 Å². The Bertz CT molecular complexity index is 382. The molecule has 24 heavy (non-hydrogen) atoms. The zero-order valence-electron chi connectivity index (χ0n) is 15.1. The summed E-state index contributed by atoms with van der Waals surface area (Å²) in [6.45, 7) is 0.903. The summed E-state index contributed by atoms with van der Waals surface area (Å²) in [5.74, 6) is 0. The molecule has 0 rings (SSSR count). The van der Waals surface area contributed by atoms with Gasteiger partial charge < -0.3 is 5.73 Å². The second-order valence-electron chi connectivity index (χ2n) is 6.33. The van der Waals surface area contributed by atoms with Crippen LogP contribution >= 0.6 is 0 Å². The Morgan fingerprint density at radius 3 is 1.58 bits per heavy atom. The average Bonchev–Trinajstić information content (AvgIpc) is 2.52. The van der Waals surface area contributed by atoms with E-state index in [-0.39, 0.29) is 6.61 Å². The molecule has 5 nitrogen and oxygen atoms in total. The van der Waals surface area contributed by atoms with Gasteiger partial charge in [0.15, 0.2) is 0 Å². The Balaban J connectivity index is 3.13. The minimum Gasteiger partial charge on any atom is -0.330 e. The maximum absolute atomic E-state index is 10.3. The van der Waals surface area contributed by atoms with Crippen LogP contribution in [-0.4, -0.2) is 26.1 Å². The van der Waals surface area contributed by atoms with Gasteiger partial charge in [-0.1, -0.05) is 63.5 Å². The Morgan fingerprint density at radius 1 is 0.708 bits per heavy atom. The molecule has 0 aromatic carbocycles. The lowest BCUT2D eigenvalue weighted by Crippen LogP contribution is -2.04. The van der Waals surface area contributed by atoms with E-state index in [0.29, 0.717) is 6.42 Å². The van der Waals surface area contributed by atoms with Gasteiger partial charge in [0, 0.05) is 0 Å². The third-order valence-electron chi connectivity index (χ3n) is 3.99. The van der Waals surface area contributed by atoms with E-state index >= 15 is 0 Å². The lowest BCUT2D eigenvalue weighted by atomic mass is 10.1. The lowest BCUT2D eigenvalue weighted by Gasteiger charge is -2.01. The van der Waals surface area contributed by atoms with Gasteiger partial charge in [-0.15, -0.1) is 0 Å². The van der Waals surface area contributed by atoms with E-state index in [1.807, 2.05) is 0 Å². The van der Waals surface area contributed by atoms with E-state index in [2.05, 4.69) is 16.3 Å². The van der Waals surface area contributed by atoms with Crippen molar-refractivity contribution < 1.29 is 17.2 Å². The fourth-order valence-electron chi connectivity index (χ4n) is 2.58. The van der Waals surface area contributed by atoms with Crippen molar-refractivity contribution in [3.63, 3.8) is 0 Å². The second-order valence-corrected chi connectivity index (χ2v) is 7.42. The summed E-state index contributed by atoms with van der Waals surface area (Å²) in [5.41, 5.74) is 5.47. The van der Waals surface area contributed by atoms with Crippen LogP contribution in [0, 0.1) is 0 Å². The molecule has 0 aliphatic heterocycles. The van der Waals surface area contributed by atoms with E-state index < -0.39 is 10.4 Å². The molecule has 0 atom stereocenters. The minimum absolute atomic E-state index is 0.0780. The van der Waals surface area contributed by atoms with Gasteiger partial charge in [0.1, 0.15) is 0 Å². The Kier molecular flexibility index (Phi) is 17.1. The number of nitrogens with two attached hydrogens (primary N) is 1. The summed E-state index contributed by atoms with van der Waals surface area (Å²) in [6, 6.07) is 0. The van der Waals surface area contributed by atoms with Gasteiger partial charge in [0.25, 0.3) is 0 Å². The van der Waals surface area contributed by atoms with E-state index in [9.17, 15) is 8.42 Å². The quantitative estimate of drug-likeness (QED) is 0.208. The van der Waals surface area contributed by atoms with Gasteiger partial charge in [0.05, 0.1) is 6.61 Å². The first-order chi connectivity index (χ1) is 11.6. The zero-order valence-corrected chi connectivity index (χ0v) is 15.9. The van der Waals surface area contributed by atoms with Gasteiger partial charge in [-0.25, -0.2) is 4.18 Å². The van der Waals surface area contributed by atoms with Crippen molar-refractivity contribution in [2.24, 2.45) is 5.73 Å². The van der Waals surface area contributed by atoms with E-state index in [1.54, 1.807) is 0 Å². The maximum Gasteiger partial charge on any atom is 0.397 e. The smallest absolute Gasteiger partial charge is 0.330 e. The van der Waals surface area contributed by atoms with Crippen molar-refractivity contribution in [2.45, 2.75) is 89.9 Å². The van der Waals surface area contributed by atoms with Crippen LogP contribution in [0.15, 0.2) is 12.2 Å². The van der Waals surface area contributed by atoms with Crippen molar-refractivity contribution in [3.05, 3.63) is 12.2 Å². The molecule has 0 aromatic heterocycles. The molecule has 0 aromatic rings. The summed E-state index contributed by atoms with van der Waals surface area (Å²) in [6.07, 6.45) is 21.0. The van der Waals surface area contributed by atoms with Crippen LogP contribution in [-0.2, 0) is 14.6 Å². The summed E-state index contributed by atoms with van der Waals surface area (Å²) < 4.78 is 33.3. The largest absolute Gasteiger partial charge is 0.397 e. The summed E-state index contributed by atoms with van der Waals surface area (Å²) in [5, 5.41) is 0. The normalized spacial score (nSPS) is 12.2. The fraction of sp³-hybridized carbons (Fsp3) is 0.889. The molecule has 0 unspecified atom stereocenters. The van der Waals surface area contributed by atoms with Crippen LogP contribution in [0.3, 0.4) is 0 Å². The van der Waals surface area contributed by atoms with E-state index in [1.165, 1.54) is 57.8 Å². The second kappa shape index (κ2) is 17.4. The number of rotatable bonds is 18. The summed E-state index contributed by atoms with van der Waals surface area (Å²) >= 11 is 0. The van der Waals surface area contributed by atoms with E-state index in [4.69, 9.17) is 10.3 Å². The highest BCUT2D eigenvalue weighted by molar-refractivity contribution is 7.80. The molecule has 0 saturated heterocycles. The molecule has 0 spiro atoms. The fourth-order valence-corrected chi connectivity index (χ4v) is 2.91. The van der Waals surface area contributed by atoms with Crippen LogP contribution in [0.5, 0.6) is 0 Å². The van der Waals surface area contributed by atoms with Crippen molar-refractivity contribution in [1.29, 1.82) is 0 Å². The Morgan fingerprint density at radius 2 is 1.12 bits per heavy atom. The SMILES string of the molecule is NCCCCCCCC/C=C\CCCCCCCCOS(=O)(=O)O. The molecule has 0 bridgehead atoms. The molecule has 0 amide bonds. The van der Waals surface area contributed by atoms with Gasteiger partial charge in [-0.05, 0) is 45.1 Å². The molecule has 6 heteroatoms. The standard InChI is InChI=1S/C18H37NO4S/c19-17-15-13-11-9-7-5-3-1-2-4-6-8-10-12-14-16-18-23-24(20,21)22/h1-2H,3-19H2,(H,20,21,22)/b2-1-. The van der Waals surface area contributed by atoms with Crippen molar-refractivity contribution in [1.82, 2.24) is 0 Å². The Hall–Kier alpha value is -0.430. The molecular formula is C18H37NO4S. The highest BCUT2D eigenvalue weighted by Gasteiger charge is 2.02. The van der Waals surface area contributed by atoms with Crippen LogP contribution < -0.4 is 5.73 Å². The zero-order chi connectivity index (χ0) is 17.9. The number of hydrogen-bond acceptors (Lipinski definition) is 4. The lowest BCUT2D eigenvalue weighted by molar-refractivity contribution is 0.261. The molecule has 144 valence electrons. The first kappa shape index (κ1) is 23.6. The topological polar surface area (TPSA) is 89.6 Å². The molecule has 0 fully saturated rings. The first-order valence-corrected chi connectivity index (χ1v) is 10.9. The van der Waals surface area contributed by atoms with Gasteiger partial charge in [-0.2, -0.15) is 8.42 Å². The molecular weight excluding hydrogens is 326 g/mol. The van der Waals surface area contributed by atoms with Crippen LogP contribution in [0.25, 0.3) is 0 Å². The molecule has 3 N–H and O–H groups in total. The summed E-state index contributed by atoms with van der Waals surface area (Å²) in [4.78, 5) is 0. The number of unbranched alkanes of at least 4 members (excludes halogenated alkanes) is 12. The molecule has 0 saturated carbocycles. The molecule has 0 aliphatic carbocycles. The van der Waals surface area contributed by atoms with Crippen molar-refractivity contribution in [2.75, 3.05) is 13.2 Å². The third kappa shape index (κ3) is 21.6. The number of allylic oxidation sites excluding steroid dienone is 2. The molecule has 0 heterocycles. The van der Waals surface area contributed by atoms with Crippen LogP contribution in [0.2, 0.25) is 0 Å². The summed E-state index contributed by atoms with van der Waals surface area (Å²) in [7, 11) is -4.26. The predicted octanol–water partition coefficient (Wildman–Crippen LogP) is 4.78. The minimum atomic E-state index is -4.26. The highest BCUT2D eigenvalue weighted by atomic mass is 32.3. The third-order valence-corrected chi connectivity index (χ3v) is 4.45. The van der Waals surface area contributed by atoms with Gasteiger partial charge >= 0.3 is 10.4 Å². The van der Waals surface area contributed by atoms with Crippen molar-refractivity contribution >= 4 is 10.4 Å². The molecule has 0 radical (unpaired) electrons. The average molecular weight is 364 g/mol. The highest BCUT2D eigenvalue weighted by Crippen LogP contribution is 2.10. The molecule has 0 aliphatic rings. The monoisotopic (exact) mass is 363 g/mol. The maximum atomic E-state index is 10.3. The van der Waals surface area contributed by atoms with Crippen LogP contribution in [0.1, 0.15) is 89.9 Å². The Labute approximate surface area is 149 Å². The number of hydrogen-bond donors (Lipinski definition) is 2. The van der Waals surface area contributed by atoms with Gasteiger partial charge in [0.2, 0.25) is 0 Å². The van der Waals surface area contributed by atoms with Crippen LogP contribution in [0.4, 0.5) is 0 Å². The first-order valence-electron chi connectivity index (χ1n) is 9.53.